The van der Waals surface area contributed by atoms with Crippen LogP contribution in [0.25, 0.3) is 5.69 Å². The molecule has 2 N–H and O–H groups in total. The van der Waals surface area contributed by atoms with Crippen molar-refractivity contribution in [2.24, 2.45) is 0 Å². The van der Waals surface area contributed by atoms with E-state index in [9.17, 15) is 13.2 Å². The molecule has 7 nitrogen and oxygen atoms in total. The Kier molecular flexibility index (Phi) is 5.79. The standard InChI is InChI=1S/C24H22N4O3S/c1-17-7-6-8-21(13-17)27-32(30,31)23-14-20(12-11-18(23)2)26-24(29)19-15-25-28(16-19)22-9-4-3-5-10-22/h3-16,27H,1-2H3,(H,26,29). The number of carbonyl (C=O) groups excluding carboxylic acids is 1. The van der Waals surface area contributed by atoms with Crippen LogP contribution in [0.2, 0.25) is 0 Å². The van der Waals surface area contributed by atoms with E-state index in [1.165, 1.54) is 12.3 Å². The Morgan fingerprint density at radius 2 is 1.69 bits per heavy atom. The number of para-hydroxylation sites is 1. The number of anilines is 2. The van der Waals surface area contributed by atoms with Crippen LogP contribution in [0, 0.1) is 13.8 Å². The van der Waals surface area contributed by atoms with Crippen LogP contribution >= 0.6 is 0 Å². The molecule has 0 atom stereocenters. The lowest BCUT2D eigenvalue weighted by molar-refractivity contribution is 0.102. The van der Waals surface area contributed by atoms with E-state index in [0.717, 1.165) is 11.3 Å². The Morgan fingerprint density at radius 3 is 2.44 bits per heavy atom. The second kappa shape index (κ2) is 8.68. The second-order valence-electron chi connectivity index (χ2n) is 7.42. The van der Waals surface area contributed by atoms with Gasteiger partial charge in [0.2, 0.25) is 0 Å². The number of rotatable bonds is 6. The Morgan fingerprint density at radius 1 is 0.906 bits per heavy atom. The average Bonchev–Trinajstić information content (AvgIpc) is 3.26. The van der Waals surface area contributed by atoms with Gasteiger partial charge in [-0.3, -0.25) is 9.52 Å². The monoisotopic (exact) mass is 446 g/mol. The molecule has 1 aromatic heterocycles. The molecule has 0 spiro atoms. The first-order valence-corrected chi connectivity index (χ1v) is 11.4. The first kappa shape index (κ1) is 21.3. The van der Waals surface area contributed by atoms with Gasteiger partial charge < -0.3 is 5.32 Å². The summed E-state index contributed by atoms with van der Waals surface area (Å²) in [6.45, 7) is 3.60. The molecule has 0 aliphatic rings. The van der Waals surface area contributed by atoms with Crippen molar-refractivity contribution in [2.75, 3.05) is 10.0 Å². The lowest BCUT2D eigenvalue weighted by Gasteiger charge is -2.13. The molecule has 0 aliphatic carbocycles. The second-order valence-corrected chi connectivity index (χ2v) is 9.07. The highest BCUT2D eigenvalue weighted by Crippen LogP contribution is 2.24. The Labute approximate surface area is 186 Å². The van der Waals surface area contributed by atoms with Gasteiger partial charge in [-0.25, -0.2) is 13.1 Å². The predicted molar refractivity (Wildman–Crippen MR) is 125 cm³/mol. The molecule has 4 rings (SSSR count). The third-order valence-electron chi connectivity index (χ3n) is 4.87. The normalized spacial score (nSPS) is 11.2. The van der Waals surface area contributed by atoms with Gasteiger partial charge in [-0.1, -0.05) is 36.4 Å². The third-order valence-corrected chi connectivity index (χ3v) is 6.39. The van der Waals surface area contributed by atoms with Crippen LogP contribution in [-0.4, -0.2) is 24.1 Å². The number of nitrogens with zero attached hydrogens (tertiary/aromatic N) is 2. The molecule has 0 bridgehead atoms. The van der Waals surface area contributed by atoms with Gasteiger partial charge in [-0.05, 0) is 61.4 Å². The maximum absolute atomic E-state index is 13.0. The first-order valence-electron chi connectivity index (χ1n) is 9.93. The highest BCUT2D eigenvalue weighted by molar-refractivity contribution is 7.92. The van der Waals surface area contributed by atoms with Crippen molar-refractivity contribution >= 4 is 27.3 Å². The molecule has 0 fully saturated rings. The van der Waals surface area contributed by atoms with E-state index in [0.29, 0.717) is 22.5 Å². The van der Waals surface area contributed by atoms with Gasteiger partial charge >= 0.3 is 0 Å². The summed E-state index contributed by atoms with van der Waals surface area (Å²) >= 11 is 0. The van der Waals surface area contributed by atoms with Crippen molar-refractivity contribution in [3.8, 4) is 5.69 Å². The number of aryl methyl sites for hydroxylation is 2. The fourth-order valence-corrected chi connectivity index (χ4v) is 4.57. The molecule has 4 aromatic rings. The Balaban J connectivity index is 1.55. The van der Waals surface area contributed by atoms with Crippen molar-refractivity contribution in [1.82, 2.24) is 9.78 Å². The summed E-state index contributed by atoms with van der Waals surface area (Å²) in [5.41, 5.74) is 3.55. The van der Waals surface area contributed by atoms with Gasteiger partial charge in [-0.15, -0.1) is 0 Å². The van der Waals surface area contributed by atoms with Crippen LogP contribution in [0.3, 0.4) is 0 Å². The third kappa shape index (κ3) is 4.70. The zero-order chi connectivity index (χ0) is 22.7. The summed E-state index contributed by atoms with van der Waals surface area (Å²) in [6.07, 6.45) is 3.09. The van der Waals surface area contributed by atoms with Gasteiger partial charge in [-0.2, -0.15) is 5.10 Å². The van der Waals surface area contributed by atoms with Crippen LogP contribution in [0.1, 0.15) is 21.5 Å². The quantitative estimate of drug-likeness (QED) is 0.455. The number of carbonyl (C=O) groups is 1. The molecule has 0 saturated carbocycles. The highest BCUT2D eigenvalue weighted by atomic mass is 32.2. The summed E-state index contributed by atoms with van der Waals surface area (Å²) in [4.78, 5) is 12.8. The van der Waals surface area contributed by atoms with Crippen LogP contribution in [0.15, 0.2) is 90.1 Å². The lowest BCUT2D eigenvalue weighted by Crippen LogP contribution is -2.16. The van der Waals surface area contributed by atoms with E-state index in [2.05, 4.69) is 15.1 Å². The Bertz CT molecular complexity index is 1380. The molecule has 32 heavy (non-hydrogen) atoms. The number of hydrogen-bond donors (Lipinski definition) is 2. The molecule has 1 heterocycles. The number of amides is 1. The van der Waals surface area contributed by atoms with Crippen LogP contribution in [0.4, 0.5) is 11.4 Å². The van der Waals surface area contributed by atoms with Crippen LogP contribution in [-0.2, 0) is 10.0 Å². The number of sulfonamides is 1. The Hall–Kier alpha value is -3.91. The predicted octanol–water partition coefficient (Wildman–Crippen LogP) is 4.54. The van der Waals surface area contributed by atoms with Crippen LogP contribution in [0.5, 0.6) is 0 Å². The molecular weight excluding hydrogens is 424 g/mol. The van der Waals surface area contributed by atoms with Gasteiger partial charge in [0.15, 0.2) is 0 Å². The molecule has 3 aromatic carbocycles. The van der Waals surface area contributed by atoms with E-state index in [-0.39, 0.29) is 10.8 Å². The number of aromatic nitrogens is 2. The maximum atomic E-state index is 13.0. The van der Waals surface area contributed by atoms with Crippen LogP contribution < -0.4 is 10.0 Å². The minimum atomic E-state index is -3.83. The fourth-order valence-electron chi connectivity index (χ4n) is 3.25. The minimum Gasteiger partial charge on any atom is -0.322 e. The van der Waals surface area contributed by atoms with Gasteiger partial charge in [0, 0.05) is 17.6 Å². The van der Waals surface area contributed by atoms with E-state index in [4.69, 9.17) is 0 Å². The summed E-state index contributed by atoms with van der Waals surface area (Å²) in [7, 11) is -3.83. The van der Waals surface area contributed by atoms with Gasteiger partial charge in [0.25, 0.3) is 15.9 Å². The van der Waals surface area contributed by atoms with Gasteiger partial charge in [0.1, 0.15) is 0 Å². The average molecular weight is 447 g/mol. The van der Waals surface area contributed by atoms with Crippen molar-refractivity contribution in [3.05, 3.63) is 102 Å². The van der Waals surface area contributed by atoms with Gasteiger partial charge in [0.05, 0.1) is 22.3 Å². The van der Waals surface area contributed by atoms with E-state index in [1.54, 1.807) is 48.1 Å². The van der Waals surface area contributed by atoms with E-state index < -0.39 is 10.0 Å². The summed E-state index contributed by atoms with van der Waals surface area (Å²) in [5, 5.41) is 6.98. The summed E-state index contributed by atoms with van der Waals surface area (Å²) < 4.78 is 30.1. The van der Waals surface area contributed by atoms with Crippen molar-refractivity contribution in [1.29, 1.82) is 0 Å². The first-order chi connectivity index (χ1) is 15.3. The molecule has 1 amide bonds. The molecule has 8 heteroatoms. The number of benzene rings is 3. The summed E-state index contributed by atoms with van der Waals surface area (Å²) in [6, 6.07) is 21.3. The minimum absolute atomic E-state index is 0.0942. The molecule has 0 aliphatic heterocycles. The lowest BCUT2D eigenvalue weighted by atomic mass is 10.2. The van der Waals surface area contributed by atoms with Crippen molar-refractivity contribution < 1.29 is 13.2 Å². The smallest absolute Gasteiger partial charge is 0.262 e. The fraction of sp³-hybridized carbons (Fsp3) is 0.0833. The highest BCUT2D eigenvalue weighted by Gasteiger charge is 2.19. The zero-order valence-corrected chi connectivity index (χ0v) is 18.4. The summed E-state index contributed by atoms with van der Waals surface area (Å²) in [5.74, 6) is -0.383. The topological polar surface area (TPSA) is 93.1 Å². The number of hydrogen-bond acceptors (Lipinski definition) is 4. The maximum Gasteiger partial charge on any atom is 0.262 e. The molecule has 0 unspecified atom stereocenters. The molecule has 0 radical (unpaired) electrons. The van der Waals surface area contributed by atoms with E-state index in [1.807, 2.05) is 43.3 Å². The SMILES string of the molecule is Cc1cccc(NS(=O)(=O)c2cc(NC(=O)c3cnn(-c4ccccc4)c3)ccc2C)c1. The zero-order valence-electron chi connectivity index (χ0n) is 17.6. The van der Waals surface area contributed by atoms with Crippen molar-refractivity contribution in [2.45, 2.75) is 18.7 Å². The largest absolute Gasteiger partial charge is 0.322 e. The van der Waals surface area contributed by atoms with Crippen molar-refractivity contribution in [3.63, 3.8) is 0 Å². The number of nitrogens with one attached hydrogen (secondary N) is 2. The molecule has 162 valence electrons. The molecular formula is C24H22N4O3S. The van der Waals surface area contributed by atoms with E-state index >= 15 is 0 Å². The molecule has 0 saturated heterocycles.